The summed E-state index contributed by atoms with van der Waals surface area (Å²) in [7, 11) is 0. The second kappa shape index (κ2) is 13.2. The van der Waals surface area contributed by atoms with Gasteiger partial charge in [0.15, 0.2) is 0 Å². The van der Waals surface area contributed by atoms with Crippen molar-refractivity contribution in [1.82, 2.24) is 0 Å². The zero-order chi connectivity index (χ0) is 19.3. The van der Waals surface area contributed by atoms with Crippen LogP contribution in [-0.2, 0) is 14.2 Å². The van der Waals surface area contributed by atoms with E-state index in [0.717, 1.165) is 18.4 Å². The van der Waals surface area contributed by atoms with Crippen LogP contribution in [0.1, 0.15) is 84.1 Å². The lowest BCUT2D eigenvalue weighted by atomic mass is 9.90. The molecular formula is C22H37FO3. The molecule has 26 heavy (non-hydrogen) atoms. The van der Waals surface area contributed by atoms with E-state index >= 15 is 0 Å². The van der Waals surface area contributed by atoms with Crippen LogP contribution in [0.5, 0.6) is 0 Å². The molecule has 0 aliphatic rings. The van der Waals surface area contributed by atoms with Crippen LogP contribution < -0.4 is 0 Å². The molecular weight excluding hydrogens is 331 g/mol. The Hall–Kier alpha value is -0.970. The highest BCUT2D eigenvalue weighted by Gasteiger charge is 2.42. The van der Waals surface area contributed by atoms with E-state index in [1.165, 1.54) is 44.2 Å². The van der Waals surface area contributed by atoms with Crippen molar-refractivity contribution in [2.75, 3.05) is 19.8 Å². The topological polar surface area (TPSA) is 27.7 Å². The fourth-order valence-corrected chi connectivity index (χ4v) is 3.40. The third kappa shape index (κ3) is 7.34. The molecule has 0 aromatic heterocycles. The van der Waals surface area contributed by atoms with Crippen LogP contribution in [0.3, 0.4) is 0 Å². The van der Waals surface area contributed by atoms with Crippen LogP contribution in [0, 0.1) is 5.82 Å². The highest BCUT2D eigenvalue weighted by Crippen LogP contribution is 2.38. The molecule has 0 aliphatic carbocycles. The van der Waals surface area contributed by atoms with Gasteiger partial charge in [-0.1, -0.05) is 57.6 Å². The van der Waals surface area contributed by atoms with Crippen molar-refractivity contribution in [3.8, 4) is 0 Å². The minimum Gasteiger partial charge on any atom is -0.327 e. The zero-order valence-corrected chi connectivity index (χ0v) is 17.1. The van der Waals surface area contributed by atoms with E-state index in [2.05, 4.69) is 6.92 Å². The Morgan fingerprint density at radius 1 is 0.769 bits per heavy atom. The maximum Gasteiger partial charge on any atom is 0.290 e. The van der Waals surface area contributed by atoms with Crippen molar-refractivity contribution in [3.05, 3.63) is 35.6 Å². The molecule has 3 nitrogen and oxygen atoms in total. The fourth-order valence-electron chi connectivity index (χ4n) is 3.40. The van der Waals surface area contributed by atoms with Gasteiger partial charge >= 0.3 is 0 Å². The summed E-state index contributed by atoms with van der Waals surface area (Å²) in [5.41, 5.74) is 0.996. The number of rotatable bonds is 15. The van der Waals surface area contributed by atoms with Gasteiger partial charge in [0.2, 0.25) is 0 Å². The molecule has 0 bridgehead atoms. The number of ether oxygens (including phenoxy) is 3. The molecule has 0 N–H and O–H groups in total. The Labute approximate surface area is 159 Å². The molecule has 0 spiro atoms. The molecule has 0 heterocycles. The maximum atomic E-state index is 13.4. The summed E-state index contributed by atoms with van der Waals surface area (Å²) < 4.78 is 31.5. The predicted molar refractivity (Wildman–Crippen MR) is 105 cm³/mol. The van der Waals surface area contributed by atoms with E-state index in [1.54, 1.807) is 0 Å². The van der Waals surface area contributed by atoms with Gasteiger partial charge < -0.3 is 14.2 Å². The van der Waals surface area contributed by atoms with Crippen molar-refractivity contribution < 1.29 is 18.6 Å². The van der Waals surface area contributed by atoms with Gasteiger partial charge in [-0.2, -0.15) is 0 Å². The largest absolute Gasteiger partial charge is 0.327 e. The molecule has 1 rings (SSSR count). The Morgan fingerprint density at radius 3 is 1.77 bits per heavy atom. The van der Waals surface area contributed by atoms with Gasteiger partial charge in [-0.25, -0.2) is 4.39 Å². The van der Waals surface area contributed by atoms with Crippen LogP contribution in [0.25, 0.3) is 0 Å². The average molecular weight is 369 g/mol. The molecule has 0 fully saturated rings. The van der Waals surface area contributed by atoms with Crippen molar-refractivity contribution in [1.29, 1.82) is 0 Å². The Morgan fingerprint density at radius 2 is 1.27 bits per heavy atom. The molecule has 0 radical (unpaired) electrons. The first-order valence-corrected chi connectivity index (χ1v) is 10.3. The summed E-state index contributed by atoms with van der Waals surface area (Å²) in [5, 5.41) is 0. The molecule has 1 aromatic rings. The lowest BCUT2D eigenvalue weighted by molar-refractivity contribution is -0.389. The van der Waals surface area contributed by atoms with E-state index in [-0.39, 0.29) is 11.7 Å². The number of halogens is 1. The van der Waals surface area contributed by atoms with Crippen molar-refractivity contribution >= 4 is 0 Å². The van der Waals surface area contributed by atoms with E-state index in [1.807, 2.05) is 32.9 Å². The summed E-state index contributed by atoms with van der Waals surface area (Å²) >= 11 is 0. The van der Waals surface area contributed by atoms with E-state index in [9.17, 15) is 4.39 Å². The Balaban J connectivity index is 2.96. The monoisotopic (exact) mass is 368 g/mol. The molecule has 4 heteroatoms. The Kier molecular flexibility index (Phi) is 11.7. The molecule has 0 aliphatic heterocycles. The van der Waals surface area contributed by atoms with Crippen LogP contribution in [0.15, 0.2) is 24.3 Å². The summed E-state index contributed by atoms with van der Waals surface area (Å²) in [4.78, 5) is 0. The Bertz CT molecular complexity index is 444. The van der Waals surface area contributed by atoms with Gasteiger partial charge in [-0.15, -0.1) is 0 Å². The highest BCUT2D eigenvalue weighted by atomic mass is 19.1. The minimum absolute atomic E-state index is 0.0888. The maximum absolute atomic E-state index is 13.4. The highest BCUT2D eigenvalue weighted by molar-refractivity contribution is 5.22. The zero-order valence-electron chi connectivity index (χ0n) is 17.1. The lowest BCUT2D eigenvalue weighted by Crippen LogP contribution is -2.45. The van der Waals surface area contributed by atoms with Crippen LogP contribution in [-0.4, -0.2) is 25.8 Å². The van der Waals surface area contributed by atoms with Gasteiger partial charge in [-0.05, 0) is 44.9 Å². The van der Waals surface area contributed by atoms with Gasteiger partial charge in [0.25, 0.3) is 5.97 Å². The first kappa shape index (κ1) is 23.1. The summed E-state index contributed by atoms with van der Waals surface area (Å²) in [6, 6.07) is 6.64. The summed E-state index contributed by atoms with van der Waals surface area (Å²) in [6.07, 6.45) is 8.21. The molecule has 1 atom stereocenters. The van der Waals surface area contributed by atoms with Crippen molar-refractivity contribution in [2.24, 2.45) is 0 Å². The van der Waals surface area contributed by atoms with Gasteiger partial charge in [-0.3, -0.25) is 0 Å². The summed E-state index contributed by atoms with van der Waals surface area (Å²) in [6.45, 7) is 9.54. The van der Waals surface area contributed by atoms with E-state index in [4.69, 9.17) is 14.2 Å². The smallest absolute Gasteiger partial charge is 0.290 e. The number of benzene rings is 1. The van der Waals surface area contributed by atoms with Crippen LogP contribution in [0.2, 0.25) is 0 Å². The number of hydrogen-bond acceptors (Lipinski definition) is 3. The SMILES string of the molecule is CCCCCCCCC(c1ccc(F)cc1)C(OCC)(OCC)OCC. The minimum atomic E-state index is -1.11. The van der Waals surface area contributed by atoms with Crippen LogP contribution >= 0.6 is 0 Å². The predicted octanol–water partition coefficient (Wildman–Crippen LogP) is 6.42. The molecule has 1 aromatic carbocycles. The first-order chi connectivity index (χ1) is 12.6. The molecule has 150 valence electrons. The average Bonchev–Trinajstić information content (AvgIpc) is 2.63. The van der Waals surface area contributed by atoms with Gasteiger partial charge in [0.1, 0.15) is 5.82 Å². The standard InChI is InChI=1S/C22H37FO3/c1-5-9-10-11-12-13-14-21(19-15-17-20(23)18-16-19)22(24-6-2,25-7-3)26-8-4/h15-18,21H,5-14H2,1-4H3. The molecule has 0 saturated heterocycles. The second-order valence-corrected chi connectivity index (χ2v) is 6.56. The first-order valence-electron chi connectivity index (χ1n) is 10.3. The van der Waals surface area contributed by atoms with E-state index in [0.29, 0.717) is 19.8 Å². The third-order valence-corrected chi connectivity index (χ3v) is 4.58. The lowest BCUT2D eigenvalue weighted by Gasteiger charge is -2.39. The molecule has 1 unspecified atom stereocenters. The third-order valence-electron chi connectivity index (χ3n) is 4.58. The normalized spacial score (nSPS) is 13.1. The number of hydrogen-bond donors (Lipinski definition) is 0. The van der Waals surface area contributed by atoms with Gasteiger partial charge in [0.05, 0.1) is 5.92 Å². The fraction of sp³-hybridized carbons (Fsp3) is 0.727. The van der Waals surface area contributed by atoms with Crippen LogP contribution in [0.4, 0.5) is 4.39 Å². The van der Waals surface area contributed by atoms with Crippen molar-refractivity contribution in [2.45, 2.75) is 84.5 Å². The van der Waals surface area contributed by atoms with Crippen molar-refractivity contribution in [3.63, 3.8) is 0 Å². The quantitative estimate of drug-likeness (QED) is 0.264. The number of unbranched alkanes of at least 4 members (excludes halogenated alkanes) is 5. The second-order valence-electron chi connectivity index (χ2n) is 6.56. The summed E-state index contributed by atoms with van der Waals surface area (Å²) in [5.74, 6) is -1.43. The molecule has 0 amide bonds. The van der Waals surface area contributed by atoms with E-state index < -0.39 is 5.97 Å². The molecule has 0 saturated carbocycles. The van der Waals surface area contributed by atoms with Gasteiger partial charge in [0, 0.05) is 19.8 Å².